The third-order valence-corrected chi connectivity index (χ3v) is 3.98. The Morgan fingerprint density at radius 2 is 2.00 bits per heavy atom. The van der Waals surface area contributed by atoms with Gasteiger partial charge in [0.2, 0.25) is 0 Å². The molecule has 0 fully saturated rings. The second kappa shape index (κ2) is 6.97. The predicted molar refractivity (Wildman–Crippen MR) is 88.0 cm³/mol. The van der Waals surface area contributed by atoms with Crippen LogP contribution in [0.3, 0.4) is 0 Å². The zero-order chi connectivity index (χ0) is 15.6. The molecule has 2 aromatic rings. The van der Waals surface area contributed by atoms with E-state index < -0.39 is 5.82 Å². The van der Waals surface area contributed by atoms with E-state index in [-0.39, 0.29) is 11.1 Å². The summed E-state index contributed by atoms with van der Waals surface area (Å²) in [5.74, 6) is 0.213. The van der Waals surface area contributed by atoms with Crippen molar-refractivity contribution in [1.29, 1.82) is 0 Å². The highest BCUT2D eigenvalue weighted by molar-refractivity contribution is 9.10. The van der Waals surface area contributed by atoms with Crippen LogP contribution < -0.4 is 10.5 Å². The van der Waals surface area contributed by atoms with Crippen LogP contribution in [0.1, 0.15) is 12.5 Å². The number of hydrogen-bond acceptors (Lipinski definition) is 2. The highest BCUT2D eigenvalue weighted by Crippen LogP contribution is 2.38. The van der Waals surface area contributed by atoms with Crippen molar-refractivity contribution in [2.24, 2.45) is 5.73 Å². The monoisotopic (exact) mass is 391 g/mol. The van der Waals surface area contributed by atoms with Gasteiger partial charge in [-0.15, -0.1) is 0 Å². The number of para-hydroxylation sites is 1. The van der Waals surface area contributed by atoms with Gasteiger partial charge in [-0.2, -0.15) is 0 Å². The molecule has 0 bridgehead atoms. The van der Waals surface area contributed by atoms with Gasteiger partial charge < -0.3 is 10.5 Å². The first-order valence-corrected chi connectivity index (χ1v) is 7.78. The highest BCUT2D eigenvalue weighted by Gasteiger charge is 2.14. The summed E-state index contributed by atoms with van der Waals surface area (Å²) < 4.78 is 19.9. The highest BCUT2D eigenvalue weighted by atomic mass is 79.9. The molecule has 0 saturated carbocycles. The molecule has 2 N–H and O–H groups in total. The fourth-order valence-electron chi connectivity index (χ4n) is 1.87. The van der Waals surface area contributed by atoms with E-state index in [1.807, 2.05) is 19.1 Å². The minimum Gasteiger partial charge on any atom is -0.454 e. The first-order valence-electron chi connectivity index (χ1n) is 6.24. The molecule has 0 spiro atoms. The first kappa shape index (κ1) is 16.6. The molecule has 0 aromatic heterocycles. The van der Waals surface area contributed by atoms with Gasteiger partial charge in [-0.3, -0.25) is 0 Å². The second-order valence-corrected chi connectivity index (χ2v) is 6.38. The molecule has 0 amide bonds. The van der Waals surface area contributed by atoms with Crippen molar-refractivity contribution < 1.29 is 9.13 Å². The molecule has 0 saturated heterocycles. The Kier molecular flexibility index (Phi) is 5.49. The van der Waals surface area contributed by atoms with Crippen LogP contribution in [0.2, 0.25) is 10.0 Å². The van der Waals surface area contributed by atoms with E-state index >= 15 is 0 Å². The van der Waals surface area contributed by atoms with Crippen LogP contribution in [0.25, 0.3) is 0 Å². The molecule has 2 aromatic carbocycles. The third kappa shape index (κ3) is 4.10. The lowest BCUT2D eigenvalue weighted by atomic mass is 10.1. The molecule has 0 aliphatic heterocycles. The number of benzene rings is 2. The fraction of sp³-hybridized carbons (Fsp3) is 0.200. The van der Waals surface area contributed by atoms with Crippen LogP contribution in [0.4, 0.5) is 4.39 Å². The average molecular weight is 393 g/mol. The molecule has 0 aliphatic carbocycles. The van der Waals surface area contributed by atoms with Crippen molar-refractivity contribution in [3.8, 4) is 11.5 Å². The maximum atomic E-state index is 13.6. The molecule has 0 aliphatic rings. The van der Waals surface area contributed by atoms with Crippen LogP contribution in [0, 0.1) is 5.82 Å². The summed E-state index contributed by atoms with van der Waals surface area (Å²) >= 11 is 15.2. The van der Waals surface area contributed by atoms with E-state index in [0.29, 0.717) is 27.4 Å². The largest absolute Gasteiger partial charge is 0.454 e. The van der Waals surface area contributed by atoms with E-state index in [1.165, 1.54) is 12.1 Å². The molecular formula is C15H13BrCl2FNO. The van der Waals surface area contributed by atoms with Gasteiger partial charge in [0, 0.05) is 12.1 Å². The molecule has 1 atom stereocenters. The molecular weight excluding hydrogens is 380 g/mol. The smallest absolute Gasteiger partial charge is 0.149 e. The first-order chi connectivity index (χ1) is 9.88. The Hall–Kier alpha value is -0.810. The normalized spacial score (nSPS) is 12.3. The number of halogens is 4. The standard InChI is InChI=1S/C15H13BrCl2FNO/c1-8(20)5-9-3-2-4-11(17)15(9)21-14-7-13(19)12(18)6-10(14)16/h2-4,6-8H,5,20H2,1H3. The van der Waals surface area contributed by atoms with Crippen molar-refractivity contribution in [3.05, 3.63) is 56.2 Å². The van der Waals surface area contributed by atoms with E-state index in [4.69, 9.17) is 33.7 Å². The Morgan fingerprint density at radius 3 is 2.67 bits per heavy atom. The van der Waals surface area contributed by atoms with Crippen LogP contribution in [0.5, 0.6) is 11.5 Å². The Bertz CT molecular complexity index is 664. The van der Waals surface area contributed by atoms with Gasteiger partial charge in [0.25, 0.3) is 0 Å². The lowest BCUT2D eigenvalue weighted by molar-refractivity contribution is 0.466. The van der Waals surface area contributed by atoms with Crippen molar-refractivity contribution >= 4 is 39.1 Å². The van der Waals surface area contributed by atoms with Gasteiger partial charge in [0.15, 0.2) is 0 Å². The molecule has 1 unspecified atom stereocenters. The predicted octanol–water partition coefficient (Wildman–Crippen LogP) is 5.58. The summed E-state index contributed by atoms with van der Waals surface area (Å²) in [6.45, 7) is 1.89. The SMILES string of the molecule is CC(N)Cc1cccc(Cl)c1Oc1cc(F)c(Cl)cc1Br. The van der Waals surface area contributed by atoms with Crippen LogP contribution in [0.15, 0.2) is 34.8 Å². The van der Waals surface area contributed by atoms with Gasteiger partial charge in [-0.05, 0) is 47.0 Å². The van der Waals surface area contributed by atoms with Crippen LogP contribution >= 0.6 is 39.1 Å². The van der Waals surface area contributed by atoms with Gasteiger partial charge in [-0.1, -0.05) is 35.3 Å². The second-order valence-electron chi connectivity index (χ2n) is 4.71. The lowest BCUT2D eigenvalue weighted by Crippen LogP contribution is -2.18. The number of hydrogen-bond donors (Lipinski definition) is 1. The Labute approximate surface area is 141 Å². The fourth-order valence-corrected chi connectivity index (χ4v) is 2.82. The summed E-state index contributed by atoms with van der Waals surface area (Å²) in [4.78, 5) is 0. The minimum absolute atomic E-state index is 0.0178. The third-order valence-electron chi connectivity index (χ3n) is 2.78. The molecule has 112 valence electrons. The van der Waals surface area contributed by atoms with Gasteiger partial charge in [0.05, 0.1) is 14.5 Å². The summed E-state index contributed by atoms with van der Waals surface area (Å²) in [5, 5.41) is 0.458. The van der Waals surface area contributed by atoms with E-state index in [9.17, 15) is 4.39 Å². The average Bonchev–Trinajstić information content (AvgIpc) is 2.39. The Balaban J connectivity index is 2.42. The Morgan fingerprint density at radius 1 is 1.29 bits per heavy atom. The minimum atomic E-state index is -0.560. The summed E-state index contributed by atoms with van der Waals surface area (Å²) in [6, 6.07) is 8.02. The number of ether oxygens (including phenoxy) is 1. The number of rotatable bonds is 4. The molecule has 2 nitrogen and oxygen atoms in total. The zero-order valence-electron chi connectivity index (χ0n) is 11.2. The van der Waals surface area contributed by atoms with Crippen molar-refractivity contribution in [3.63, 3.8) is 0 Å². The maximum Gasteiger partial charge on any atom is 0.149 e. The van der Waals surface area contributed by atoms with Gasteiger partial charge in [-0.25, -0.2) is 4.39 Å². The lowest BCUT2D eigenvalue weighted by Gasteiger charge is -2.15. The number of nitrogens with two attached hydrogens (primary N) is 1. The molecule has 2 rings (SSSR count). The van der Waals surface area contributed by atoms with Crippen molar-refractivity contribution in [1.82, 2.24) is 0 Å². The summed E-state index contributed by atoms with van der Waals surface area (Å²) in [6.07, 6.45) is 0.601. The molecule has 0 radical (unpaired) electrons. The molecule has 6 heteroatoms. The quantitative estimate of drug-likeness (QED) is 0.689. The maximum absolute atomic E-state index is 13.6. The van der Waals surface area contributed by atoms with E-state index in [1.54, 1.807) is 6.07 Å². The molecule has 21 heavy (non-hydrogen) atoms. The van der Waals surface area contributed by atoms with Gasteiger partial charge in [0.1, 0.15) is 17.3 Å². The van der Waals surface area contributed by atoms with E-state index in [2.05, 4.69) is 15.9 Å². The van der Waals surface area contributed by atoms with Crippen molar-refractivity contribution in [2.45, 2.75) is 19.4 Å². The van der Waals surface area contributed by atoms with Crippen LogP contribution in [-0.2, 0) is 6.42 Å². The van der Waals surface area contributed by atoms with Crippen LogP contribution in [-0.4, -0.2) is 6.04 Å². The topological polar surface area (TPSA) is 35.2 Å². The zero-order valence-corrected chi connectivity index (χ0v) is 14.3. The van der Waals surface area contributed by atoms with Crippen molar-refractivity contribution in [2.75, 3.05) is 0 Å². The van der Waals surface area contributed by atoms with Gasteiger partial charge >= 0.3 is 0 Å². The molecule has 0 heterocycles. The summed E-state index contributed by atoms with van der Waals surface area (Å²) in [5.41, 5.74) is 6.69. The van der Waals surface area contributed by atoms with E-state index in [0.717, 1.165) is 5.56 Å². The summed E-state index contributed by atoms with van der Waals surface area (Å²) in [7, 11) is 0.